The van der Waals surface area contributed by atoms with E-state index in [-0.39, 0.29) is 37.1 Å². The van der Waals surface area contributed by atoms with E-state index in [0.717, 1.165) is 0 Å². The van der Waals surface area contributed by atoms with Gasteiger partial charge in [0, 0.05) is 12.2 Å². The molecule has 1 aliphatic rings. The lowest BCUT2D eigenvalue weighted by Crippen LogP contribution is -2.51. The third kappa shape index (κ3) is 4.25. The van der Waals surface area contributed by atoms with Crippen molar-refractivity contribution in [2.75, 3.05) is 19.8 Å². The lowest BCUT2D eigenvalue weighted by atomic mass is 10.1. The predicted octanol–water partition coefficient (Wildman–Crippen LogP) is 0.523. The van der Waals surface area contributed by atoms with E-state index in [1.807, 2.05) is 0 Å². The number of primary amides is 1. The minimum Gasteiger partial charge on any atom is -0.379 e. The summed E-state index contributed by atoms with van der Waals surface area (Å²) in [4.78, 5) is 23.0. The number of carbonyl (C=O) groups is 2. The second kappa shape index (κ2) is 7.33. The van der Waals surface area contributed by atoms with Crippen molar-refractivity contribution in [2.24, 2.45) is 5.73 Å². The SMILES string of the molecule is Cc1cc(C(=O)N[C@@H]2COCC[C@@H]2OCC(N)=O)ccc1F. The van der Waals surface area contributed by atoms with Crippen LogP contribution in [0.3, 0.4) is 0 Å². The first-order valence-corrected chi connectivity index (χ1v) is 7.02. The molecule has 22 heavy (non-hydrogen) atoms. The van der Waals surface area contributed by atoms with Crippen molar-refractivity contribution in [1.82, 2.24) is 5.32 Å². The zero-order valence-electron chi connectivity index (χ0n) is 12.3. The summed E-state index contributed by atoms with van der Waals surface area (Å²) in [6, 6.07) is 3.77. The molecule has 1 heterocycles. The molecular formula is C15H19FN2O4. The molecule has 2 atom stereocenters. The molecule has 2 rings (SSSR count). The molecule has 1 aliphatic heterocycles. The Kier molecular flexibility index (Phi) is 5.46. The summed E-state index contributed by atoms with van der Waals surface area (Å²) < 4.78 is 24.0. The van der Waals surface area contributed by atoms with Crippen molar-refractivity contribution in [1.29, 1.82) is 0 Å². The van der Waals surface area contributed by atoms with Crippen molar-refractivity contribution < 1.29 is 23.5 Å². The number of halogens is 1. The number of nitrogens with one attached hydrogen (secondary N) is 1. The summed E-state index contributed by atoms with van der Waals surface area (Å²) in [6.45, 7) is 2.17. The molecule has 0 saturated carbocycles. The predicted molar refractivity (Wildman–Crippen MR) is 76.8 cm³/mol. The fraction of sp³-hybridized carbons (Fsp3) is 0.467. The molecule has 0 aromatic heterocycles. The summed E-state index contributed by atoms with van der Waals surface area (Å²) in [7, 11) is 0. The van der Waals surface area contributed by atoms with Gasteiger partial charge in [-0.25, -0.2) is 4.39 Å². The summed E-state index contributed by atoms with van der Waals surface area (Å²) in [6.07, 6.45) is 0.215. The first-order chi connectivity index (χ1) is 10.5. The molecule has 1 aromatic rings. The molecule has 3 N–H and O–H groups in total. The van der Waals surface area contributed by atoms with Gasteiger partial charge in [0.05, 0.1) is 18.8 Å². The zero-order valence-corrected chi connectivity index (χ0v) is 12.3. The number of hydrogen-bond donors (Lipinski definition) is 2. The number of rotatable bonds is 5. The Morgan fingerprint density at radius 1 is 1.50 bits per heavy atom. The fourth-order valence-corrected chi connectivity index (χ4v) is 2.28. The van der Waals surface area contributed by atoms with E-state index in [1.165, 1.54) is 18.2 Å². The summed E-state index contributed by atoms with van der Waals surface area (Å²) in [5, 5.41) is 2.79. The van der Waals surface area contributed by atoms with Crippen LogP contribution in [0.15, 0.2) is 18.2 Å². The van der Waals surface area contributed by atoms with Crippen LogP contribution in [-0.4, -0.2) is 43.8 Å². The van der Waals surface area contributed by atoms with E-state index < -0.39 is 5.91 Å². The minimum atomic E-state index is -0.564. The van der Waals surface area contributed by atoms with Crippen LogP contribution in [0.5, 0.6) is 0 Å². The van der Waals surface area contributed by atoms with Crippen LogP contribution < -0.4 is 11.1 Å². The second-order valence-corrected chi connectivity index (χ2v) is 5.22. The van der Waals surface area contributed by atoms with E-state index in [0.29, 0.717) is 24.2 Å². The first-order valence-electron chi connectivity index (χ1n) is 7.02. The quantitative estimate of drug-likeness (QED) is 0.830. The van der Waals surface area contributed by atoms with E-state index >= 15 is 0 Å². The molecule has 0 unspecified atom stereocenters. The average Bonchev–Trinajstić information content (AvgIpc) is 2.49. The summed E-state index contributed by atoms with van der Waals surface area (Å²) in [5.41, 5.74) is 5.82. The molecular weight excluding hydrogens is 291 g/mol. The molecule has 120 valence electrons. The van der Waals surface area contributed by atoms with Crippen molar-refractivity contribution in [2.45, 2.75) is 25.5 Å². The molecule has 0 bridgehead atoms. The van der Waals surface area contributed by atoms with Gasteiger partial charge < -0.3 is 20.5 Å². The van der Waals surface area contributed by atoms with E-state index in [9.17, 15) is 14.0 Å². The molecule has 1 aromatic carbocycles. The highest BCUT2D eigenvalue weighted by molar-refractivity contribution is 5.94. The third-order valence-corrected chi connectivity index (χ3v) is 3.47. The van der Waals surface area contributed by atoms with Gasteiger partial charge in [-0.1, -0.05) is 0 Å². The lowest BCUT2D eigenvalue weighted by Gasteiger charge is -2.31. The summed E-state index contributed by atoms with van der Waals surface area (Å²) in [5.74, 6) is -1.27. The molecule has 2 amide bonds. The molecule has 1 saturated heterocycles. The van der Waals surface area contributed by atoms with E-state index in [1.54, 1.807) is 6.92 Å². The largest absolute Gasteiger partial charge is 0.379 e. The van der Waals surface area contributed by atoms with Crippen molar-refractivity contribution in [3.63, 3.8) is 0 Å². The Bertz CT molecular complexity index is 564. The highest BCUT2D eigenvalue weighted by atomic mass is 19.1. The monoisotopic (exact) mass is 310 g/mol. The topological polar surface area (TPSA) is 90.7 Å². The van der Waals surface area contributed by atoms with Crippen molar-refractivity contribution >= 4 is 11.8 Å². The first kappa shape index (κ1) is 16.4. The highest BCUT2D eigenvalue weighted by Crippen LogP contribution is 2.14. The maximum atomic E-state index is 13.2. The Morgan fingerprint density at radius 2 is 2.27 bits per heavy atom. The number of ether oxygens (including phenoxy) is 2. The van der Waals surface area contributed by atoms with E-state index in [2.05, 4.69) is 5.32 Å². The van der Waals surface area contributed by atoms with Gasteiger partial charge in [-0.2, -0.15) is 0 Å². The van der Waals surface area contributed by atoms with Crippen LogP contribution >= 0.6 is 0 Å². The Balaban J connectivity index is 2.01. The van der Waals surface area contributed by atoms with Crippen LogP contribution in [0, 0.1) is 12.7 Å². The van der Waals surface area contributed by atoms with Crippen LogP contribution in [0.4, 0.5) is 4.39 Å². The Labute approximate surface area is 127 Å². The number of nitrogens with two attached hydrogens (primary N) is 1. The number of benzene rings is 1. The number of aryl methyl sites for hydroxylation is 1. The van der Waals surface area contributed by atoms with Crippen LogP contribution in [0.25, 0.3) is 0 Å². The third-order valence-electron chi connectivity index (χ3n) is 3.47. The average molecular weight is 310 g/mol. The number of amides is 2. The van der Waals surface area contributed by atoms with Gasteiger partial charge in [0.1, 0.15) is 12.4 Å². The van der Waals surface area contributed by atoms with Gasteiger partial charge in [0.2, 0.25) is 5.91 Å². The van der Waals surface area contributed by atoms with Crippen LogP contribution in [0.2, 0.25) is 0 Å². The van der Waals surface area contributed by atoms with Gasteiger partial charge in [0.15, 0.2) is 0 Å². The van der Waals surface area contributed by atoms with Crippen molar-refractivity contribution in [3.8, 4) is 0 Å². The maximum Gasteiger partial charge on any atom is 0.251 e. The van der Waals surface area contributed by atoms with Gasteiger partial charge in [-0.05, 0) is 37.1 Å². The molecule has 0 spiro atoms. The van der Waals surface area contributed by atoms with Crippen LogP contribution in [0.1, 0.15) is 22.3 Å². The van der Waals surface area contributed by atoms with Gasteiger partial charge >= 0.3 is 0 Å². The highest BCUT2D eigenvalue weighted by Gasteiger charge is 2.28. The zero-order chi connectivity index (χ0) is 16.1. The lowest BCUT2D eigenvalue weighted by molar-refractivity contribution is -0.128. The van der Waals surface area contributed by atoms with E-state index in [4.69, 9.17) is 15.2 Å². The molecule has 6 nitrogen and oxygen atoms in total. The molecule has 0 aliphatic carbocycles. The van der Waals surface area contributed by atoms with Crippen LogP contribution in [-0.2, 0) is 14.3 Å². The van der Waals surface area contributed by atoms with Gasteiger partial charge in [-0.15, -0.1) is 0 Å². The smallest absolute Gasteiger partial charge is 0.251 e. The number of hydrogen-bond acceptors (Lipinski definition) is 4. The minimum absolute atomic E-state index is 0.202. The summed E-state index contributed by atoms with van der Waals surface area (Å²) >= 11 is 0. The van der Waals surface area contributed by atoms with Gasteiger partial charge in [-0.3, -0.25) is 9.59 Å². The fourth-order valence-electron chi connectivity index (χ4n) is 2.28. The second-order valence-electron chi connectivity index (χ2n) is 5.22. The molecule has 7 heteroatoms. The maximum absolute atomic E-state index is 13.2. The standard InChI is InChI=1S/C15H19FN2O4/c1-9-6-10(2-3-11(9)16)15(20)18-12-7-21-5-4-13(12)22-8-14(17)19/h2-3,6,12-13H,4-5,7-8H2,1H3,(H2,17,19)(H,18,20)/t12-,13+/m1/s1. The number of carbonyl (C=O) groups excluding carboxylic acids is 2. The molecule has 1 fully saturated rings. The normalized spacial score (nSPS) is 21.4. The Morgan fingerprint density at radius 3 is 2.95 bits per heavy atom. The molecule has 0 radical (unpaired) electrons. The van der Waals surface area contributed by atoms with Gasteiger partial charge in [0.25, 0.3) is 5.91 Å². The van der Waals surface area contributed by atoms with Crippen molar-refractivity contribution in [3.05, 3.63) is 35.1 Å². The Hall–Kier alpha value is -1.99.